The summed E-state index contributed by atoms with van der Waals surface area (Å²) in [6.45, 7) is 1.93. The summed E-state index contributed by atoms with van der Waals surface area (Å²) in [5, 5.41) is 12.8. The highest BCUT2D eigenvalue weighted by atomic mass is 15.2. The van der Waals surface area contributed by atoms with Crippen LogP contribution in [0.4, 0.5) is 0 Å². The first-order valence-corrected chi connectivity index (χ1v) is 3.66. The van der Waals surface area contributed by atoms with Gasteiger partial charge in [-0.05, 0) is 24.6 Å². The number of pyridine rings is 1. The number of hydrogen-bond donors (Lipinski definition) is 0. The van der Waals surface area contributed by atoms with Crippen molar-refractivity contribution in [3.8, 4) is 6.07 Å². The first-order chi connectivity index (χ1) is 5.83. The third-order valence-electron chi connectivity index (χ3n) is 1.96. The molecule has 0 aliphatic rings. The van der Waals surface area contributed by atoms with Crippen molar-refractivity contribution in [1.82, 2.24) is 9.61 Å². The van der Waals surface area contributed by atoms with Crippen LogP contribution in [0.3, 0.4) is 0 Å². The van der Waals surface area contributed by atoms with E-state index in [1.54, 1.807) is 23.0 Å². The summed E-state index contributed by atoms with van der Waals surface area (Å²) in [5.41, 5.74) is 2.69. The molecule has 0 N–H and O–H groups in total. The van der Waals surface area contributed by atoms with Crippen LogP contribution >= 0.6 is 0 Å². The molecule has 2 aromatic rings. The average Bonchev–Trinajstić information content (AvgIpc) is 2.53. The molecular formula is C9H7N3. The second-order valence-electron chi connectivity index (χ2n) is 2.63. The summed E-state index contributed by atoms with van der Waals surface area (Å²) in [6, 6.07) is 5.81. The lowest BCUT2D eigenvalue weighted by atomic mass is 10.1. The monoisotopic (exact) mass is 157 g/mol. The lowest BCUT2D eigenvalue weighted by Crippen LogP contribution is -1.91. The minimum atomic E-state index is 0.711. The number of aryl methyl sites for hydroxylation is 1. The zero-order valence-corrected chi connectivity index (χ0v) is 6.65. The van der Waals surface area contributed by atoms with Gasteiger partial charge in [0.15, 0.2) is 0 Å². The molecule has 2 aromatic heterocycles. The Morgan fingerprint density at radius 2 is 2.33 bits per heavy atom. The number of rotatable bonds is 0. The van der Waals surface area contributed by atoms with Gasteiger partial charge in [0.1, 0.15) is 0 Å². The highest BCUT2D eigenvalue weighted by Gasteiger charge is 2.01. The average molecular weight is 157 g/mol. The van der Waals surface area contributed by atoms with E-state index in [0.717, 1.165) is 11.1 Å². The van der Waals surface area contributed by atoms with Crippen LogP contribution in [0, 0.1) is 18.3 Å². The first kappa shape index (κ1) is 6.86. The molecule has 0 atom stereocenters. The van der Waals surface area contributed by atoms with Crippen LogP contribution in [0.15, 0.2) is 24.5 Å². The van der Waals surface area contributed by atoms with E-state index in [1.165, 1.54) is 0 Å². The van der Waals surface area contributed by atoms with Crippen LogP contribution in [0.25, 0.3) is 5.52 Å². The zero-order chi connectivity index (χ0) is 8.55. The Labute approximate surface area is 69.9 Å². The van der Waals surface area contributed by atoms with E-state index >= 15 is 0 Å². The fraction of sp³-hybridized carbons (Fsp3) is 0.111. The molecule has 0 amide bonds. The highest BCUT2D eigenvalue weighted by Crippen LogP contribution is 2.12. The molecule has 0 saturated heterocycles. The topological polar surface area (TPSA) is 41.1 Å². The van der Waals surface area contributed by atoms with Crippen molar-refractivity contribution in [2.75, 3.05) is 0 Å². The van der Waals surface area contributed by atoms with Gasteiger partial charge in [-0.25, -0.2) is 4.52 Å². The minimum absolute atomic E-state index is 0.711. The fourth-order valence-electron chi connectivity index (χ4n) is 1.26. The summed E-state index contributed by atoms with van der Waals surface area (Å²) in [7, 11) is 0. The maximum atomic E-state index is 8.74. The Hall–Kier alpha value is -1.82. The van der Waals surface area contributed by atoms with Gasteiger partial charge in [-0.2, -0.15) is 10.4 Å². The van der Waals surface area contributed by atoms with Gasteiger partial charge < -0.3 is 0 Å². The molecule has 0 radical (unpaired) electrons. The van der Waals surface area contributed by atoms with Crippen molar-refractivity contribution in [3.63, 3.8) is 0 Å². The molecule has 0 aromatic carbocycles. The van der Waals surface area contributed by atoms with Gasteiger partial charge in [0.25, 0.3) is 0 Å². The molecular weight excluding hydrogens is 150 g/mol. The molecule has 0 unspecified atom stereocenters. The Morgan fingerprint density at radius 1 is 1.50 bits per heavy atom. The molecule has 0 saturated carbocycles. The summed E-state index contributed by atoms with van der Waals surface area (Å²) in [5.74, 6) is 0. The second kappa shape index (κ2) is 2.35. The summed E-state index contributed by atoms with van der Waals surface area (Å²) < 4.78 is 1.76. The first-order valence-electron chi connectivity index (χ1n) is 3.66. The van der Waals surface area contributed by atoms with Gasteiger partial charge >= 0.3 is 0 Å². The van der Waals surface area contributed by atoms with E-state index in [1.807, 2.05) is 13.0 Å². The Balaban J connectivity index is 2.89. The molecule has 3 nitrogen and oxygen atoms in total. The van der Waals surface area contributed by atoms with Crippen molar-refractivity contribution in [1.29, 1.82) is 5.26 Å². The summed E-state index contributed by atoms with van der Waals surface area (Å²) >= 11 is 0. The number of fused-ring (bicyclic) bond motifs is 1. The largest absolute Gasteiger partial charge is 0.241 e. The third kappa shape index (κ3) is 0.785. The number of hydrogen-bond acceptors (Lipinski definition) is 2. The van der Waals surface area contributed by atoms with Crippen molar-refractivity contribution in [2.45, 2.75) is 6.92 Å². The number of nitriles is 1. The van der Waals surface area contributed by atoms with Crippen LogP contribution < -0.4 is 0 Å². The molecule has 0 fully saturated rings. The van der Waals surface area contributed by atoms with Gasteiger partial charge in [-0.3, -0.25) is 0 Å². The third-order valence-corrected chi connectivity index (χ3v) is 1.96. The Kier molecular flexibility index (Phi) is 1.34. The fourth-order valence-corrected chi connectivity index (χ4v) is 1.26. The molecule has 58 valence electrons. The molecule has 0 bridgehead atoms. The van der Waals surface area contributed by atoms with Gasteiger partial charge in [0.2, 0.25) is 0 Å². The van der Waals surface area contributed by atoms with Gasteiger partial charge in [0, 0.05) is 12.4 Å². The molecule has 0 aliphatic heterocycles. The van der Waals surface area contributed by atoms with Crippen LogP contribution in [0.1, 0.15) is 11.1 Å². The Morgan fingerprint density at radius 3 is 3.08 bits per heavy atom. The van der Waals surface area contributed by atoms with Crippen molar-refractivity contribution in [3.05, 3.63) is 35.7 Å². The smallest absolute Gasteiger partial charge is 0.0995 e. The normalized spacial score (nSPS) is 10.0. The highest BCUT2D eigenvalue weighted by molar-refractivity contribution is 5.59. The summed E-state index contributed by atoms with van der Waals surface area (Å²) in [6.07, 6.45) is 3.52. The molecule has 3 heteroatoms. The molecule has 2 rings (SSSR count). The van der Waals surface area contributed by atoms with E-state index < -0.39 is 0 Å². The SMILES string of the molecule is Cc1c(C#N)ccn2nccc12. The predicted molar refractivity (Wildman–Crippen MR) is 44.6 cm³/mol. The van der Waals surface area contributed by atoms with E-state index in [-0.39, 0.29) is 0 Å². The van der Waals surface area contributed by atoms with Crippen LogP contribution in [-0.2, 0) is 0 Å². The van der Waals surface area contributed by atoms with Crippen molar-refractivity contribution >= 4 is 5.52 Å². The van der Waals surface area contributed by atoms with E-state index in [0.29, 0.717) is 5.56 Å². The molecule has 0 aliphatic carbocycles. The maximum Gasteiger partial charge on any atom is 0.0995 e. The quantitative estimate of drug-likeness (QED) is 0.581. The number of nitrogens with zero attached hydrogens (tertiary/aromatic N) is 3. The molecule has 0 spiro atoms. The Bertz CT molecular complexity index is 462. The standard InChI is InChI=1S/C9H7N3/c1-7-8(6-10)3-5-12-9(7)2-4-11-12/h2-5H,1H3. The number of aromatic nitrogens is 2. The zero-order valence-electron chi connectivity index (χ0n) is 6.65. The van der Waals surface area contributed by atoms with Crippen LogP contribution in [0.5, 0.6) is 0 Å². The second-order valence-corrected chi connectivity index (χ2v) is 2.63. The van der Waals surface area contributed by atoms with Crippen molar-refractivity contribution in [2.24, 2.45) is 0 Å². The maximum absolute atomic E-state index is 8.74. The lowest BCUT2D eigenvalue weighted by Gasteiger charge is -1.98. The van der Waals surface area contributed by atoms with E-state index in [4.69, 9.17) is 5.26 Å². The van der Waals surface area contributed by atoms with E-state index in [9.17, 15) is 0 Å². The molecule has 2 heterocycles. The minimum Gasteiger partial charge on any atom is -0.241 e. The summed E-state index contributed by atoms with van der Waals surface area (Å²) in [4.78, 5) is 0. The van der Waals surface area contributed by atoms with Gasteiger partial charge in [0.05, 0.1) is 17.1 Å². The van der Waals surface area contributed by atoms with Crippen LogP contribution in [-0.4, -0.2) is 9.61 Å². The van der Waals surface area contributed by atoms with Crippen molar-refractivity contribution < 1.29 is 0 Å². The van der Waals surface area contributed by atoms with Gasteiger partial charge in [-0.15, -0.1) is 0 Å². The van der Waals surface area contributed by atoms with E-state index in [2.05, 4.69) is 11.2 Å². The van der Waals surface area contributed by atoms with Gasteiger partial charge in [-0.1, -0.05) is 0 Å². The lowest BCUT2D eigenvalue weighted by molar-refractivity contribution is 0.954. The molecule has 12 heavy (non-hydrogen) atoms. The van der Waals surface area contributed by atoms with Crippen LogP contribution in [0.2, 0.25) is 0 Å². The predicted octanol–water partition coefficient (Wildman–Crippen LogP) is 1.51.